The molecule has 7 nitrogen and oxygen atoms in total. The van der Waals surface area contributed by atoms with Crippen molar-refractivity contribution in [3.8, 4) is 0 Å². The minimum Gasteiger partial charge on any atom is -0.468 e. The molecule has 0 aliphatic rings. The Morgan fingerprint density at radius 3 is 2.62 bits per heavy atom. The molecule has 26 heavy (non-hydrogen) atoms. The Kier molecular flexibility index (Phi) is 8.57. The lowest BCUT2D eigenvalue weighted by molar-refractivity contribution is -0.128. The number of carbonyl (C=O) groups is 2. The van der Waals surface area contributed by atoms with Crippen LogP contribution in [0.1, 0.15) is 40.7 Å². The minimum absolute atomic E-state index is 0.0804. The van der Waals surface area contributed by atoms with E-state index in [-0.39, 0.29) is 6.04 Å². The van der Waals surface area contributed by atoms with Gasteiger partial charge in [-0.3, -0.25) is 4.79 Å². The number of halogens is 1. The van der Waals surface area contributed by atoms with Crippen molar-refractivity contribution in [2.45, 2.75) is 46.3 Å². The van der Waals surface area contributed by atoms with Crippen molar-refractivity contribution in [3.63, 3.8) is 0 Å². The van der Waals surface area contributed by atoms with Crippen LogP contribution in [0.3, 0.4) is 0 Å². The highest BCUT2D eigenvalue weighted by molar-refractivity contribution is 9.10. The first kappa shape index (κ1) is 22.0. The number of hydrogen-bond acceptors (Lipinski definition) is 5. The Balaban J connectivity index is 0.000000597. The summed E-state index contributed by atoms with van der Waals surface area (Å²) in [6.07, 6.45) is 1.57. The second-order valence-electron chi connectivity index (χ2n) is 6.55. The van der Waals surface area contributed by atoms with Gasteiger partial charge in [0.25, 0.3) is 6.47 Å². The molecule has 0 aliphatic carbocycles. The van der Waals surface area contributed by atoms with Gasteiger partial charge in [-0.05, 0) is 68.7 Å². The number of amides is 1. The summed E-state index contributed by atoms with van der Waals surface area (Å²) in [6, 6.07) is 6.02. The summed E-state index contributed by atoms with van der Waals surface area (Å²) in [7, 11) is 0. The second kappa shape index (κ2) is 10.2. The molecular weight excluding hydrogens is 402 g/mol. The van der Waals surface area contributed by atoms with Crippen molar-refractivity contribution >= 4 is 39.5 Å². The lowest BCUT2D eigenvalue weighted by atomic mass is 10.2. The van der Waals surface area contributed by atoms with Gasteiger partial charge in [0, 0.05) is 24.2 Å². The molecule has 1 N–H and O–H groups in total. The van der Waals surface area contributed by atoms with E-state index in [9.17, 15) is 9.59 Å². The monoisotopic (exact) mass is 427 g/mol. The third kappa shape index (κ3) is 7.43. The van der Waals surface area contributed by atoms with E-state index in [1.807, 2.05) is 56.7 Å². The van der Waals surface area contributed by atoms with Crippen LogP contribution in [-0.4, -0.2) is 40.9 Å². The van der Waals surface area contributed by atoms with E-state index in [0.29, 0.717) is 19.6 Å². The molecule has 0 saturated heterocycles. The molecule has 0 fully saturated rings. The molecule has 144 valence electrons. The van der Waals surface area contributed by atoms with Crippen LogP contribution in [0.15, 0.2) is 29.0 Å². The summed E-state index contributed by atoms with van der Waals surface area (Å²) in [5, 5.41) is 3.86. The summed E-state index contributed by atoms with van der Waals surface area (Å²) in [4.78, 5) is 25.3. The van der Waals surface area contributed by atoms with Crippen molar-refractivity contribution in [2.75, 3.05) is 13.2 Å². The fraction of sp³-hybridized carbons (Fsp3) is 0.500. The van der Waals surface area contributed by atoms with Crippen LogP contribution < -0.4 is 5.32 Å². The van der Waals surface area contributed by atoms with Crippen LogP contribution >= 0.6 is 15.9 Å². The topological polar surface area (TPSA) is 82.4 Å². The fourth-order valence-electron chi connectivity index (χ4n) is 2.07. The highest BCUT2D eigenvalue weighted by Crippen LogP contribution is 2.20. The summed E-state index contributed by atoms with van der Waals surface area (Å²) in [5.41, 5.74) is 0.405. The summed E-state index contributed by atoms with van der Waals surface area (Å²) >= 11 is 3.38. The normalized spacial score (nSPS) is 11.9. The molecule has 2 rings (SSSR count). The van der Waals surface area contributed by atoms with Crippen molar-refractivity contribution < 1.29 is 19.1 Å². The number of nitrogens with zero attached hydrogens (tertiary/aromatic N) is 2. The van der Waals surface area contributed by atoms with Crippen LogP contribution in [0.4, 0.5) is 4.79 Å². The maximum atomic E-state index is 11.7. The number of fused-ring (bicyclic) bond motifs is 1. The third-order valence-electron chi connectivity index (χ3n) is 3.18. The molecule has 2 aromatic rings. The summed E-state index contributed by atoms with van der Waals surface area (Å²) in [5.74, 6) is 0. The number of hydrogen-bond donors (Lipinski definition) is 1. The number of rotatable bonds is 5. The van der Waals surface area contributed by atoms with E-state index in [1.165, 1.54) is 0 Å². The molecule has 1 unspecified atom stereocenters. The van der Waals surface area contributed by atoms with E-state index < -0.39 is 11.7 Å². The average Bonchev–Trinajstić information content (AvgIpc) is 2.95. The van der Waals surface area contributed by atoms with Gasteiger partial charge in [-0.1, -0.05) is 0 Å². The van der Waals surface area contributed by atoms with Gasteiger partial charge in [0.1, 0.15) is 15.9 Å². The Morgan fingerprint density at radius 2 is 2.08 bits per heavy atom. The van der Waals surface area contributed by atoms with Crippen LogP contribution in [-0.2, 0) is 14.3 Å². The molecule has 0 aliphatic heterocycles. The van der Waals surface area contributed by atoms with Crippen molar-refractivity contribution in [1.82, 2.24) is 14.9 Å². The lowest BCUT2D eigenvalue weighted by Gasteiger charge is -2.21. The SMILES string of the molecule is CC(CNC(=O)OC(C)(C)C)n1ccc2ccc(Br)nc21.CCOC=O. The van der Waals surface area contributed by atoms with E-state index in [1.54, 1.807) is 6.92 Å². The number of aromatic nitrogens is 2. The smallest absolute Gasteiger partial charge is 0.407 e. The molecular formula is C18H26BrN3O4. The number of pyridine rings is 1. The van der Waals surface area contributed by atoms with Gasteiger partial charge >= 0.3 is 6.09 Å². The lowest BCUT2D eigenvalue weighted by Crippen LogP contribution is -2.35. The molecule has 0 radical (unpaired) electrons. The predicted molar refractivity (Wildman–Crippen MR) is 104 cm³/mol. The maximum Gasteiger partial charge on any atom is 0.407 e. The van der Waals surface area contributed by atoms with E-state index >= 15 is 0 Å². The molecule has 0 saturated carbocycles. The minimum atomic E-state index is -0.486. The summed E-state index contributed by atoms with van der Waals surface area (Å²) in [6.45, 7) is 10.7. The highest BCUT2D eigenvalue weighted by Gasteiger charge is 2.17. The molecule has 1 amide bonds. The zero-order chi connectivity index (χ0) is 19.7. The zero-order valence-electron chi connectivity index (χ0n) is 15.8. The van der Waals surface area contributed by atoms with Gasteiger partial charge in [0.15, 0.2) is 0 Å². The Morgan fingerprint density at radius 1 is 1.38 bits per heavy atom. The Hall–Kier alpha value is -2.09. The van der Waals surface area contributed by atoms with Crippen LogP contribution in [0.5, 0.6) is 0 Å². The fourth-order valence-corrected chi connectivity index (χ4v) is 2.37. The van der Waals surface area contributed by atoms with Crippen LogP contribution in [0, 0.1) is 0 Å². The molecule has 8 heteroatoms. The maximum absolute atomic E-state index is 11.7. The van der Waals surface area contributed by atoms with Gasteiger partial charge < -0.3 is 19.4 Å². The van der Waals surface area contributed by atoms with Gasteiger partial charge in [-0.15, -0.1) is 0 Å². The molecule has 2 aromatic heterocycles. The van der Waals surface area contributed by atoms with Crippen LogP contribution in [0.2, 0.25) is 0 Å². The van der Waals surface area contributed by atoms with Crippen molar-refractivity contribution in [3.05, 3.63) is 29.0 Å². The predicted octanol–water partition coefficient (Wildman–Crippen LogP) is 4.06. The number of carbonyl (C=O) groups excluding carboxylic acids is 2. The number of ether oxygens (including phenoxy) is 2. The quantitative estimate of drug-likeness (QED) is 0.574. The molecule has 1 atom stereocenters. The van der Waals surface area contributed by atoms with Gasteiger partial charge in [-0.2, -0.15) is 0 Å². The van der Waals surface area contributed by atoms with Gasteiger partial charge in [0.05, 0.1) is 6.61 Å². The molecule has 0 aromatic carbocycles. The Labute approximate surface area is 162 Å². The average molecular weight is 428 g/mol. The van der Waals surface area contributed by atoms with Crippen molar-refractivity contribution in [2.24, 2.45) is 0 Å². The van der Waals surface area contributed by atoms with E-state index in [2.05, 4.69) is 31.0 Å². The van der Waals surface area contributed by atoms with E-state index in [0.717, 1.165) is 15.6 Å². The number of alkyl carbamates (subject to hydrolysis) is 1. The standard InChI is InChI=1S/C15H20BrN3O2.C3H6O2/c1-10(9-17-14(20)21-15(2,3)4)19-8-7-11-5-6-12(16)18-13(11)19;1-2-5-3-4/h5-8,10H,9H2,1-4H3,(H,17,20);3H,2H2,1H3. The molecule has 2 heterocycles. The largest absolute Gasteiger partial charge is 0.468 e. The Bertz CT molecular complexity index is 725. The second-order valence-corrected chi connectivity index (χ2v) is 7.37. The highest BCUT2D eigenvalue weighted by atomic mass is 79.9. The zero-order valence-corrected chi connectivity index (χ0v) is 17.4. The molecule has 0 bridgehead atoms. The van der Waals surface area contributed by atoms with E-state index in [4.69, 9.17) is 4.74 Å². The third-order valence-corrected chi connectivity index (χ3v) is 3.62. The van der Waals surface area contributed by atoms with Crippen molar-refractivity contribution in [1.29, 1.82) is 0 Å². The number of nitrogens with one attached hydrogen (secondary N) is 1. The van der Waals surface area contributed by atoms with Gasteiger partial charge in [0.2, 0.25) is 0 Å². The van der Waals surface area contributed by atoms with Crippen LogP contribution in [0.25, 0.3) is 11.0 Å². The first-order valence-electron chi connectivity index (χ1n) is 8.33. The summed E-state index contributed by atoms with van der Waals surface area (Å²) < 4.78 is 12.2. The van der Waals surface area contributed by atoms with Gasteiger partial charge in [-0.25, -0.2) is 9.78 Å². The molecule has 0 spiro atoms. The first-order valence-corrected chi connectivity index (χ1v) is 9.12. The first-order chi connectivity index (χ1) is 12.2.